The molecule has 1 aromatic heterocycles. The molecule has 3 nitrogen and oxygen atoms in total. The Labute approximate surface area is 72.8 Å². The van der Waals surface area contributed by atoms with Crippen molar-refractivity contribution in [2.24, 2.45) is 5.92 Å². The fraction of sp³-hybridized carbons (Fsp3) is 0.667. The summed E-state index contributed by atoms with van der Waals surface area (Å²) in [6.07, 6.45) is 8.09. The molecule has 0 unspecified atom stereocenters. The molecular weight excluding hydrogens is 150 g/mol. The molecule has 1 saturated carbocycles. The summed E-state index contributed by atoms with van der Waals surface area (Å²) >= 11 is 0. The minimum atomic E-state index is 0.895. The van der Waals surface area contributed by atoms with Gasteiger partial charge in [0.1, 0.15) is 0 Å². The summed E-state index contributed by atoms with van der Waals surface area (Å²) in [7, 11) is 1.92. The fourth-order valence-corrected chi connectivity index (χ4v) is 1.64. The predicted molar refractivity (Wildman–Crippen MR) is 49.1 cm³/mol. The van der Waals surface area contributed by atoms with Crippen molar-refractivity contribution in [1.82, 2.24) is 9.55 Å². The number of anilines is 1. The Kier molecular flexibility index (Phi) is 2.02. The molecule has 12 heavy (non-hydrogen) atoms. The minimum Gasteiger partial charge on any atom is -0.359 e. The molecule has 1 aliphatic rings. The monoisotopic (exact) mass is 165 g/mol. The quantitative estimate of drug-likeness (QED) is 0.739. The first-order chi connectivity index (χ1) is 5.90. The maximum Gasteiger partial charge on any atom is 0.202 e. The van der Waals surface area contributed by atoms with E-state index in [4.69, 9.17) is 0 Å². The van der Waals surface area contributed by atoms with Crippen molar-refractivity contribution >= 4 is 5.95 Å². The highest BCUT2D eigenvalue weighted by molar-refractivity contribution is 5.24. The average Bonchev–Trinajstić information content (AvgIpc) is 2.43. The van der Waals surface area contributed by atoms with E-state index in [0.29, 0.717) is 0 Å². The number of imidazole rings is 1. The SMILES string of the molecule is CNc1nccn1CC1CCC1. The molecule has 0 bridgehead atoms. The summed E-state index contributed by atoms with van der Waals surface area (Å²) in [5.41, 5.74) is 0. The van der Waals surface area contributed by atoms with Gasteiger partial charge in [0, 0.05) is 26.0 Å². The van der Waals surface area contributed by atoms with Crippen LogP contribution < -0.4 is 5.32 Å². The summed E-state index contributed by atoms with van der Waals surface area (Å²) < 4.78 is 2.20. The van der Waals surface area contributed by atoms with Gasteiger partial charge in [-0.25, -0.2) is 4.98 Å². The van der Waals surface area contributed by atoms with Crippen LogP contribution in [-0.2, 0) is 6.54 Å². The van der Waals surface area contributed by atoms with Gasteiger partial charge < -0.3 is 9.88 Å². The van der Waals surface area contributed by atoms with E-state index in [1.807, 2.05) is 19.4 Å². The fourth-order valence-electron chi connectivity index (χ4n) is 1.64. The van der Waals surface area contributed by atoms with Gasteiger partial charge in [-0.2, -0.15) is 0 Å². The topological polar surface area (TPSA) is 29.9 Å². The van der Waals surface area contributed by atoms with Crippen molar-refractivity contribution in [3.63, 3.8) is 0 Å². The summed E-state index contributed by atoms with van der Waals surface area (Å²) in [6, 6.07) is 0. The van der Waals surface area contributed by atoms with E-state index in [2.05, 4.69) is 14.9 Å². The Morgan fingerprint density at radius 2 is 2.50 bits per heavy atom. The number of nitrogens with zero attached hydrogens (tertiary/aromatic N) is 2. The molecule has 0 atom stereocenters. The normalized spacial score (nSPS) is 17.4. The largest absolute Gasteiger partial charge is 0.359 e. The van der Waals surface area contributed by atoms with Crippen LogP contribution >= 0.6 is 0 Å². The second-order valence-electron chi connectivity index (χ2n) is 3.45. The zero-order valence-corrected chi connectivity index (χ0v) is 7.45. The highest BCUT2D eigenvalue weighted by Gasteiger charge is 2.18. The Balaban J connectivity index is 2.00. The third kappa shape index (κ3) is 1.31. The molecule has 0 aromatic carbocycles. The molecule has 1 fully saturated rings. The molecule has 66 valence electrons. The molecule has 2 rings (SSSR count). The lowest BCUT2D eigenvalue weighted by atomic mass is 9.85. The lowest BCUT2D eigenvalue weighted by molar-refractivity contribution is 0.278. The molecule has 0 aliphatic heterocycles. The second-order valence-corrected chi connectivity index (χ2v) is 3.45. The van der Waals surface area contributed by atoms with Gasteiger partial charge in [-0.3, -0.25) is 0 Å². The van der Waals surface area contributed by atoms with Gasteiger partial charge in [-0.05, 0) is 18.8 Å². The number of rotatable bonds is 3. The van der Waals surface area contributed by atoms with Gasteiger partial charge in [0.25, 0.3) is 0 Å². The molecule has 0 saturated heterocycles. The molecule has 3 heteroatoms. The number of nitrogens with one attached hydrogen (secondary N) is 1. The third-order valence-electron chi connectivity index (χ3n) is 2.62. The zero-order valence-electron chi connectivity index (χ0n) is 7.45. The summed E-state index contributed by atoms with van der Waals surface area (Å²) in [4.78, 5) is 4.20. The number of hydrogen-bond donors (Lipinski definition) is 1. The third-order valence-corrected chi connectivity index (χ3v) is 2.62. The van der Waals surface area contributed by atoms with Crippen LogP contribution in [0.15, 0.2) is 12.4 Å². The zero-order chi connectivity index (χ0) is 8.39. The highest BCUT2D eigenvalue weighted by atomic mass is 15.2. The van der Waals surface area contributed by atoms with Crippen molar-refractivity contribution in [3.8, 4) is 0 Å². The maximum atomic E-state index is 4.20. The lowest BCUT2D eigenvalue weighted by Gasteiger charge is -2.26. The van der Waals surface area contributed by atoms with Crippen LogP contribution in [0.25, 0.3) is 0 Å². The standard InChI is InChI=1S/C9H15N3/c1-10-9-11-5-6-12(9)7-8-3-2-4-8/h5-6,8H,2-4,7H2,1H3,(H,10,11). The van der Waals surface area contributed by atoms with Crippen LogP contribution in [0, 0.1) is 5.92 Å². The summed E-state index contributed by atoms with van der Waals surface area (Å²) in [5.74, 6) is 1.88. The summed E-state index contributed by atoms with van der Waals surface area (Å²) in [5, 5.41) is 3.08. The molecule has 0 radical (unpaired) electrons. The second kappa shape index (κ2) is 3.17. The molecule has 1 N–H and O–H groups in total. The van der Waals surface area contributed by atoms with Gasteiger partial charge in [0.2, 0.25) is 5.95 Å². The number of hydrogen-bond acceptors (Lipinski definition) is 2. The highest BCUT2D eigenvalue weighted by Crippen LogP contribution is 2.28. The van der Waals surface area contributed by atoms with Crippen molar-refractivity contribution in [3.05, 3.63) is 12.4 Å². The van der Waals surface area contributed by atoms with E-state index >= 15 is 0 Å². The minimum absolute atomic E-state index is 0.895. The van der Waals surface area contributed by atoms with Crippen LogP contribution in [0.5, 0.6) is 0 Å². The maximum absolute atomic E-state index is 4.20. The van der Waals surface area contributed by atoms with Gasteiger partial charge >= 0.3 is 0 Å². The molecule has 0 amide bonds. The summed E-state index contributed by atoms with van der Waals surface area (Å²) in [6.45, 7) is 1.14. The van der Waals surface area contributed by atoms with E-state index in [0.717, 1.165) is 18.4 Å². The first-order valence-electron chi connectivity index (χ1n) is 4.59. The smallest absolute Gasteiger partial charge is 0.202 e. The van der Waals surface area contributed by atoms with Crippen molar-refractivity contribution in [2.45, 2.75) is 25.8 Å². The Morgan fingerprint density at radius 1 is 1.67 bits per heavy atom. The average molecular weight is 165 g/mol. The van der Waals surface area contributed by atoms with Crippen LogP contribution in [0.2, 0.25) is 0 Å². The van der Waals surface area contributed by atoms with Gasteiger partial charge in [0.05, 0.1) is 0 Å². The molecular formula is C9H15N3. The first-order valence-corrected chi connectivity index (χ1v) is 4.59. The van der Waals surface area contributed by atoms with Gasteiger partial charge in [0.15, 0.2) is 0 Å². The van der Waals surface area contributed by atoms with Crippen LogP contribution in [0.4, 0.5) is 5.95 Å². The molecule has 1 heterocycles. The Bertz CT molecular complexity index is 250. The van der Waals surface area contributed by atoms with E-state index in [-0.39, 0.29) is 0 Å². The van der Waals surface area contributed by atoms with E-state index in [1.54, 1.807) is 0 Å². The Hall–Kier alpha value is -0.990. The van der Waals surface area contributed by atoms with Crippen molar-refractivity contribution in [1.29, 1.82) is 0 Å². The first kappa shape index (κ1) is 7.65. The van der Waals surface area contributed by atoms with E-state index in [9.17, 15) is 0 Å². The van der Waals surface area contributed by atoms with Crippen molar-refractivity contribution < 1.29 is 0 Å². The van der Waals surface area contributed by atoms with Crippen LogP contribution in [0.3, 0.4) is 0 Å². The Morgan fingerprint density at radius 3 is 3.08 bits per heavy atom. The molecule has 0 spiro atoms. The lowest BCUT2D eigenvalue weighted by Crippen LogP contribution is -2.18. The van der Waals surface area contributed by atoms with Crippen LogP contribution in [0.1, 0.15) is 19.3 Å². The molecule has 1 aliphatic carbocycles. The van der Waals surface area contributed by atoms with E-state index < -0.39 is 0 Å². The predicted octanol–water partition coefficient (Wildman–Crippen LogP) is 1.72. The van der Waals surface area contributed by atoms with Gasteiger partial charge in [-0.1, -0.05) is 6.42 Å². The van der Waals surface area contributed by atoms with Crippen LogP contribution in [-0.4, -0.2) is 16.6 Å². The number of aromatic nitrogens is 2. The van der Waals surface area contributed by atoms with E-state index in [1.165, 1.54) is 19.3 Å². The van der Waals surface area contributed by atoms with Gasteiger partial charge in [-0.15, -0.1) is 0 Å². The molecule has 1 aromatic rings. The van der Waals surface area contributed by atoms with Crippen molar-refractivity contribution in [2.75, 3.05) is 12.4 Å².